The normalized spacial score (nSPS) is 18.0. The fraction of sp³-hybridized carbons (Fsp3) is 0.176. The summed E-state index contributed by atoms with van der Waals surface area (Å²) < 4.78 is 0. The van der Waals surface area contributed by atoms with E-state index in [4.69, 9.17) is 17.3 Å². The Bertz CT molecular complexity index is 752. The number of halogens is 1. The van der Waals surface area contributed by atoms with E-state index in [9.17, 15) is 4.79 Å². The van der Waals surface area contributed by atoms with Crippen LogP contribution in [0.3, 0.4) is 0 Å². The van der Waals surface area contributed by atoms with E-state index in [1.54, 1.807) is 6.07 Å². The molecule has 0 aromatic heterocycles. The number of hydrogen-bond acceptors (Lipinski definition) is 3. The molecule has 0 radical (unpaired) electrons. The van der Waals surface area contributed by atoms with Crippen LogP contribution in [0.2, 0.25) is 5.02 Å². The van der Waals surface area contributed by atoms with Crippen molar-refractivity contribution in [3.05, 3.63) is 69.7 Å². The summed E-state index contributed by atoms with van der Waals surface area (Å²) in [7, 11) is 0. The number of carbonyl (C=O) groups is 1. The van der Waals surface area contributed by atoms with Gasteiger partial charge in [-0.3, -0.25) is 9.79 Å². The van der Waals surface area contributed by atoms with Gasteiger partial charge < -0.3 is 5.73 Å². The lowest BCUT2D eigenvalue weighted by Gasteiger charge is -2.12. The number of hydrogen-bond donors (Lipinski definition) is 1. The van der Waals surface area contributed by atoms with Crippen LogP contribution in [-0.2, 0) is 11.2 Å². The first-order valence-corrected chi connectivity index (χ1v) is 7.15. The molecule has 0 saturated carbocycles. The molecule has 1 heterocycles. The van der Waals surface area contributed by atoms with E-state index < -0.39 is 6.17 Å². The quantitative estimate of drug-likeness (QED) is 0.880. The molecule has 0 aliphatic carbocycles. The molecule has 0 bridgehead atoms. The molecule has 3 nitrogen and oxygen atoms in total. The van der Waals surface area contributed by atoms with Gasteiger partial charge in [0, 0.05) is 22.6 Å². The van der Waals surface area contributed by atoms with Crippen molar-refractivity contribution in [1.29, 1.82) is 0 Å². The molecule has 1 aliphatic heterocycles. The molecule has 21 heavy (non-hydrogen) atoms. The van der Waals surface area contributed by atoms with Crippen LogP contribution in [0.15, 0.2) is 47.5 Å². The molecule has 2 aromatic carbocycles. The molecule has 4 heteroatoms. The van der Waals surface area contributed by atoms with Crippen LogP contribution >= 0.6 is 11.6 Å². The molecule has 0 amide bonds. The highest BCUT2D eigenvalue weighted by atomic mass is 35.5. The Morgan fingerprint density at radius 1 is 1.14 bits per heavy atom. The Morgan fingerprint density at radius 2 is 1.86 bits per heavy atom. The first-order chi connectivity index (χ1) is 10.1. The summed E-state index contributed by atoms with van der Waals surface area (Å²) in [5.74, 6) is -0.118. The van der Waals surface area contributed by atoms with Crippen molar-refractivity contribution in [2.45, 2.75) is 19.5 Å². The van der Waals surface area contributed by atoms with Crippen LogP contribution in [0.5, 0.6) is 0 Å². The molecule has 3 rings (SSSR count). The highest BCUT2D eigenvalue weighted by Crippen LogP contribution is 2.27. The second-order valence-corrected chi connectivity index (χ2v) is 5.55. The zero-order chi connectivity index (χ0) is 15.0. The number of aliphatic imine (C=N–C) groups is 1. The van der Waals surface area contributed by atoms with Crippen molar-refractivity contribution in [1.82, 2.24) is 0 Å². The second kappa shape index (κ2) is 5.43. The van der Waals surface area contributed by atoms with Crippen LogP contribution in [0.4, 0.5) is 0 Å². The van der Waals surface area contributed by atoms with Gasteiger partial charge in [0.2, 0.25) is 0 Å². The standard InChI is InChI=1S/C17H15ClN2O/c1-10-5-2-3-6-11(10)16-12-7-4-8-14(18)13(12)9-15(21)17(19)20-16/h2-8,17H,9,19H2,1H3. The molecule has 0 spiro atoms. The van der Waals surface area contributed by atoms with Gasteiger partial charge in [0.05, 0.1) is 5.71 Å². The number of nitrogens with zero attached hydrogens (tertiary/aromatic N) is 1. The third-order valence-electron chi connectivity index (χ3n) is 3.72. The zero-order valence-corrected chi connectivity index (χ0v) is 12.4. The molecule has 106 valence electrons. The maximum atomic E-state index is 12.1. The van der Waals surface area contributed by atoms with Gasteiger partial charge in [0.25, 0.3) is 0 Å². The van der Waals surface area contributed by atoms with Gasteiger partial charge in [0.1, 0.15) is 0 Å². The summed E-state index contributed by atoms with van der Waals surface area (Å²) in [5, 5.41) is 0.580. The summed E-state index contributed by atoms with van der Waals surface area (Å²) >= 11 is 6.27. The fourth-order valence-corrected chi connectivity index (χ4v) is 2.81. The van der Waals surface area contributed by atoms with Gasteiger partial charge >= 0.3 is 0 Å². The molecule has 0 saturated heterocycles. The lowest BCUT2D eigenvalue weighted by molar-refractivity contribution is -0.119. The molecule has 2 aromatic rings. The van der Waals surface area contributed by atoms with Gasteiger partial charge in [-0.2, -0.15) is 0 Å². The third-order valence-corrected chi connectivity index (χ3v) is 4.08. The van der Waals surface area contributed by atoms with E-state index >= 15 is 0 Å². The predicted octanol–water partition coefficient (Wildman–Crippen LogP) is 2.90. The van der Waals surface area contributed by atoms with Gasteiger partial charge in [0.15, 0.2) is 11.9 Å². The van der Waals surface area contributed by atoms with E-state index in [0.717, 1.165) is 28.0 Å². The van der Waals surface area contributed by atoms with E-state index in [1.807, 2.05) is 43.3 Å². The number of Topliss-reactive ketones (excluding diaryl/α,β-unsaturated/α-hetero) is 1. The number of carbonyl (C=O) groups excluding carboxylic acids is 1. The lowest BCUT2D eigenvalue weighted by atomic mass is 9.93. The Kier molecular flexibility index (Phi) is 3.62. The number of benzene rings is 2. The van der Waals surface area contributed by atoms with Crippen LogP contribution in [0, 0.1) is 6.92 Å². The first-order valence-electron chi connectivity index (χ1n) is 6.78. The second-order valence-electron chi connectivity index (χ2n) is 5.15. The average Bonchev–Trinajstić information content (AvgIpc) is 2.59. The van der Waals surface area contributed by atoms with Crippen LogP contribution in [-0.4, -0.2) is 17.7 Å². The van der Waals surface area contributed by atoms with Crippen molar-refractivity contribution >= 4 is 23.1 Å². The highest BCUT2D eigenvalue weighted by molar-refractivity contribution is 6.32. The van der Waals surface area contributed by atoms with Crippen molar-refractivity contribution in [3.63, 3.8) is 0 Å². The molecular formula is C17H15ClN2O. The Balaban J connectivity index is 2.28. The zero-order valence-electron chi connectivity index (χ0n) is 11.6. The summed E-state index contributed by atoms with van der Waals surface area (Å²) in [6, 6.07) is 13.5. The van der Waals surface area contributed by atoms with Gasteiger partial charge in [-0.1, -0.05) is 48.0 Å². The summed E-state index contributed by atoms with van der Waals surface area (Å²) in [6.45, 7) is 2.01. The molecule has 2 N–H and O–H groups in total. The fourth-order valence-electron chi connectivity index (χ4n) is 2.57. The number of nitrogens with two attached hydrogens (primary N) is 1. The topological polar surface area (TPSA) is 55.4 Å². The number of ketones is 1. The Labute approximate surface area is 128 Å². The Morgan fingerprint density at radius 3 is 2.62 bits per heavy atom. The average molecular weight is 299 g/mol. The SMILES string of the molecule is Cc1ccccc1C1=NC(N)C(=O)Cc2c(Cl)cccc21. The van der Waals surface area contributed by atoms with E-state index in [1.165, 1.54) is 0 Å². The van der Waals surface area contributed by atoms with E-state index in [2.05, 4.69) is 4.99 Å². The largest absolute Gasteiger partial charge is 0.303 e. The van der Waals surface area contributed by atoms with Crippen molar-refractivity contribution in [3.8, 4) is 0 Å². The van der Waals surface area contributed by atoms with Crippen LogP contribution < -0.4 is 5.73 Å². The molecule has 0 fully saturated rings. The molecular weight excluding hydrogens is 284 g/mol. The summed E-state index contributed by atoms with van der Waals surface area (Å²) in [5.41, 5.74) is 10.4. The minimum atomic E-state index is -0.844. The lowest BCUT2D eigenvalue weighted by Crippen LogP contribution is -2.29. The van der Waals surface area contributed by atoms with Crippen molar-refractivity contribution in [2.24, 2.45) is 10.7 Å². The summed E-state index contributed by atoms with van der Waals surface area (Å²) in [4.78, 5) is 16.6. The van der Waals surface area contributed by atoms with E-state index in [-0.39, 0.29) is 12.2 Å². The molecule has 1 atom stereocenters. The Hall–Kier alpha value is -1.97. The van der Waals surface area contributed by atoms with Gasteiger partial charge in [-0.05, 0) is 24.1 Å². The van der Waals surface area contributed by atoms with Gasteiger partial charge in [-0.25, -0.2) is 0 Å². The van der Waals surface area contributed by atoms with Gasteiger partial charge in [-0.15, -0.1) is 0 Å². The smallest absolute Gasteiger partial charge is 0.176 e. The third kappa shape index (κ3) is 2.50. The highest BCUT2D eigenvalue weighted by Gasteiger charge is 2.25. The maximum Gasteiger partial charge on any atom is 0.176 e. The number of aryl methyl sites for hydroxylation is 1. The summed E-state index contributed by atoms with van der Waals surface area (Å²) in [6.07, 6.45) is -0.627. The van der Waals surface area contributed by atoms with Crippen molar-refractivity contribution < 1.29 is 4.79 Å². The molecule has 1 unspecified atom stereocenters. The van der Waals surface area contributed by atoms with E-state index in [0.29, 0.717) is 5.02 Å². The maximum absolute atomic E-state index is 12.1. The first kappa shape index (κ1) is 14.0. The van der Waals surface area contributed by atoms with Crippen LogP contribution in [0.1, 0.15) is 22.3 Å². The molecule has 1 aliphatic rings. The number of rotatable bonds is 1. The van der Waals surface area contributed by atoms with Crippen LogP contribution in [0.25, 0.3) is 0 Å². The minimum absolute atomic E-state index is 0.118. The number of fused-ring (bicyclic) bond motifs is 1. The van der Waals surface area contributed by atoms with Crippen molar-refractivity contribution in [2.75, 3.05) is 0 Å². The predicted molar refractivity (Wildman–Crippen MR) is 85.0 cm³/mol. The monoisotopic (exact) mass is 298 g/mol. The minimum Gasteiger partial charge on any atom is -0.303 e.